The number of carbonyl (C=O) groups excluding carboxylic acids is 1. The average Bonchev–Trinajstić information content (AvgIpc) is 2.32. The van der Waals surface area contributed by atoms with Crippen LogP contribution in [0.3, 0.4) is 0 Å². The van der Waals surface area contributed by atoms with E-state index in [0.29, 0.717) is 0 Å². The zero-order chi connectivity index (χ0) is 13.9. The minimum absolute atomic E-state index is 0.214. The molecule has 3 heteroatoms. The van der Waals surface area contributed by atoms with Crippen LogP contribution in [0.5, 0.6) is 0 Å². The van der Waals surface area contributed by atoms with Crippen molar-refractivity contribution in [1.82, 2.24) is 4.90 Å². The predicted molar refractivity (Wildman–Crippen MR) is 73.5 cm³/mol. The van der Waals surface area contributed by atoms with Crippen LogP contribution in [0.25, 0.3) is 0 Å². The van der Waals surface area contributed by atoms with E-state index in [1.54, 1.807) is 0 Å². The SMILES string of the molecule is COC(=O)C(C)(C)N(C)Cc1ccc(C)c(C)c1. The topological polar surface area (TPSA) is 29.5 Å². The molecule has 0 atom stereocenters. The molecule has 0 aromatic heterocycles. The van der Waals surface area contributed by atoms with Crippen LogP contribution in [0.1, 0.15) is 30.5 Å². The molecule has 100 valence electrons. The van der Waals surface area contributed by atoms with Crippen LogP contribution in [-0.2, 0) is 16.1 Å². The van der Waals surface area contributed by atoms with Crippen LogP contribution in [0.2, 0.25) is 0 Å². The quantitative estimate of drug-likeness (QED) is 0.768. The largest absolute Gasteiger partial charge is 0.468 e. The number of methoxy groups -OCH3 is 1. The van der Waals surface area contributed by atoms with Gasteiger partial charge in [-0.25, -0.2) is 0 Å². The molecule has 0 aliphatic heterocycles. The predicted octanol–water partition coefficient (Wildman–Crippen LogP) is 2.69. The molecule has 0 unspecified atom stereocenters. The van der Waals surface area contributed by atoms with E-state index in [1.807, 2.05) is 25.8 Å². The van der Waals surface area contributed by atoms with Crippen molar-refractivity contribution < 1.29 is 9.53 Å². The maximum atomic E-state index is 11.7. The molecule has 0 aliphatic carbocycles. The van der Waals surface area contributed by atoms with Gasteiger partial charge in [0, 0.05) is 6.54 Å². The summed E-state index contributed by atoms with van der Waals surface area (Å²) in [5, 5.41) is 0. The Morgan fingerprint density at radius 2 is 1.89 bits per heavy atom. The first-order chi connectivity index (χ1) is 8.28. The standard InChI is InChI=1S/C15H23NO2/c1-11-7-8-13(9-12(11)2)10-16(5)15(3,4)14(17)18-6/h7-9H,10H2,1-6H3. The summed E-state index contributed by atoms with van der Waals surface area (Å²) in [6, 6.07) is 6.38. The molecule has 0 radical (unpaired) electrons. The van der Waals surface area contributed by atoms with Crippen molar-refractivity contribution in [3.8, 4) is 0 Å². The number of ether oxygens (including phenoxy) is 1. The smallest absolute Gasteiger partial charge is 0.325 e. The van der Waals surface area contributed by atoms with Gasteiger partial charge in [-0.15, -0.1) is 0 Å². The highest BCUT2D eigenvalue weighted by molar-refractivity contribution is 5.79. The molecule has 0 heterocycles. The van der Waals surface area contributed by atoms with Crippen molar-refractivity contribution in [3.63, 3.8) is 0 Å². The minimum atomic E-state index is -0.618. The second kappa shape index (κ2) is 5.53. The van der Waals surface area contributed by atoms with Gasteiger partial charge >= 0.3 is 5.97 Å². The summed E-state index contributed by atoms with van der Waals surface area (Å²) < 4.78 is 4.84. The molecular formula is C15H23NO2. The lowest BCUT2D eigenvalue weighted by atomic mass is 10.0. The highest BCUT2D eigenvalue weighted by Gasteiger charge is 2.33. The Bertz CT molecular complexity index is 438. The average molecular weight is 249 g/mol. The Kier molecular flexibility index (Phi) is 4.52. The van der Waals surface area contributed by atoms with E-state index in [4.69, 9.17) is 4.74 Å². The van der Waals surface area contributed by atoms with E-state index in [9.17, 15) is 4.79 Å². The molecule has 0 bridgehead atoms. The summed E-state index contributed by atoms with van der Waals surface area (Å²) in [4.78, 5) is 13.7. The van der Waals surface area contributed by atoms with Gasteiger partial charge in [0.05, 0.1) is 7.11 Å². The van der Waals surface area contributed by atoms with Gasteiger partial charge in [0.25, 0.3) is 0 Å². The Labute approximate surface area is 110 Å². The van der Waals surface area contributed by atoms with Gasteiger partial charge in [0.15, 0.2) is 0 Å². The van der Waals surface area contributed by atoms with Crippen LogP contribution >= 0.6 is 0 Å². The summed E-state index contributed by atoms with van der Waals surface area (Å²) in [6.45, 7) is 8.68. The molecule has 0 aliphatic rings. The molecule has 3 nitrogen and oxygen atoms in total. The number of carbonyl (C=O) groups is 1. The van der Waals surface area contributed by atoms with E-state index < -0.39 is 5.54 Å². The lowest BCUT2D eigenvalue weighted by Gasteiger charge is -2.32. The number of hydrogen-bond acceptors (Lipinski definition) is 3. The zero-order valence-corrected chi connectivity index (χ0v) is 12.2. The Morgan fingerprint density at radius 1 is 1.28 bits per heavy atom. The zero-order valence-electron chi connectivity index (χ0n) is 12.2. The third-order valence-corrected chi connectivity index (χ3v) is 3.63. The Morgan fingerprint density at radius 3 is 2.39 bits per heavy atom. The maximum absolute atomic E-state index is 11.7. The fraction of sp³-hybridized carbons (Fsp3) is 0.533. The van der Waals surface area contributed by atoms with Crippen molar-refractivity contribution in [2.24, 2.45) is 0 Å². The highest BCUT2D eigenvalue weighted by atomic mass is 16.5. The number of aryl methyl sites for hydroxylation is 2. The number of likely N-dealkylation sites (N-methyl/N-ethyl adjacent to an activating group) is 1. The van der Waals surface area contributed by atoms with E-state index in [0.717, 1.165) is 6.54 Å². The molecule has 0 spiro atoms. The number of rotatable bonds is 4. The monoisotopic (exact) mass is 249 g/mol. The maximum Gasteiger partial charge on any atom is 0.325 e. The van der Waals surface area contributed by atoms with E-state index in [1.165, 1.54) is 23.8 Å². The first kappa shape index (κ1) is 14.7. The first-order valence-electron chi connectivity index (χ1n) is 6.15. The van der Waals surface area contributed by atoms with Gasteiger partial charge in [0.1, 0.15) is 5.54 Å². The molecular weight excluding hydrogens is 226 g/mol. The number of benzene rings is 1. The third kappa shape index (κ3) is 3.10. The molecule has 1 aromatic carbocycles. The molecule has 18 heavy (non-hydrogen) atoms. The van der Waals surface area contributed by atoms with Gasteiger partial charge in [-0.2, -0.15) is 0 Å². The summed E-state index contributed by atoms with van der Waals surface area (Å²) >= 11 is 0. The van der Waals surface area contributed by atoms with Crippen molar-refractivity contribution in [2.75, 3.05) is 14.2 Å². The normalized spacial score (nSPS) is 11.7. The number of esters is 1. The van der Waals surface area contributed by atoms with E-state index >= 15 is 0 Å². The van der Waals surface area contributed by atoms with Gasteiger partial charge in [0.2, 0.25) is 0 Å². The van der Waals surface area contributed by atoms with E-state index in [-0.39, 0.29) is 5.97 Å². The molecule has 0 saturated heterocycles. The van der Waals surface area contributed by atoms with E-state index in [2.05, 4.69) is 32.0 Å². The second-order valence-corrected chi connectivity index (χ2v) is 5.33. The lowest BCUT2D eigenvalue weighted by Crippen LogP contribution is -2.48. The van der Waals surface area contributed by atoms with Crippen LogP contribution in [0, 0.1) is 13.8 Å². The Hall–Kier alpha value is -1.35. The number of nitrogens with zero attached hydrogens (tertiary/aromatic N) is 1. The third-order valence-electron chi connectivity index (χ3n) is 3.63. The van der Waals surface area contributed by atoms with Crippen molar-refractivity contribution in [3.05, 3.63) is 34.9 Å². The van der Waals surface area contributed by atoms with Crippen LogP contribution in [0.4, 0.5) is 0 Å². The second-order valence-electron chi connectivity index (χ2n) is 5.33. The lowest BCUT2D eigenvalue weighted by molar-refractivity contribution is -0.152. The van der Waals surface area contributed by atoms with Crippen LogP contribution in [0.15, 0.2) is 18.2 Å². The fourth-order valence-electron chi connectivity index (χ4n) is 1.78. The van der Waals surface area contributed by atoms with Gasteiger partial charge < -0.3 is 4.74 Å². The van der Waals surface area contributed by atoms with Crippen molar-refractivity contribution in [1.29, 1.82) is 0 Å². The molecule has 1 aromatic rings. The minimum Gasteiger partial charge on any atom is -0.468 e. The van der Waals surface area contributed by atoms with Gasteiger partial charge in [-0.05, 0) is 51.4 Å². The van der Waals surface area contributed by atoms with Crippen LogP contribution in [-0.4, -0.2) is 30.6 Å². The first-order valence-corrected chi connectivity index (χ1v) is 6.15. The van der Waals surface area contributed by atoms with Crippen LogP contribution < -0.4 is 0 Å². The Balaban J connectivity index is 2.84. The number of hydrogen-bond donors (Lipinski definition) is 0. The summed E-state index contributed by atoms with van der Waals surface area (Å²) in [5.74, 6) is -0.214. The summed E-state index contributed by atoms with van der Waals surface area (Å²) in [5.41, 5.74) is 3.15. The molecule has 1 rings (SSSR count). The van der Waals surface area contributed by atoms with Crippen molar-refractivity contribution in [2.45, 2.75) is 39.8 Å². The van der Waals surface area contributed by atoms with Gasteiger partial charge in [-0.3, -0.25) is 9.69 Å². The van der Waals surface area contributed by atoms with Crippen molar-refractivity contribution >= 4 is 5.97 Å². The highest BCUT2D eigenvalue weighted by Crippen LogP contribution is 2.18. The molecule has 0 fully saturated rings. The fourth-order valence-corrected chi connectivity index (χ4v) is 1.78. The molecule has 0 saturated carbocycles. The van der Waals surface area contributed by atoms with Gasteiger partial charge in [-0.1, -0.05) is 18.2 Å². The summed E-state index contributed by atoms with van der Waals surface area (Å²) in [7, 11) is 3.36. The summed E-state index contributed by atoms with van der Waals surface area (Å²) in [6.07, 6.45) is 0. The molecule has 0 N–H and O–H groups in total. The molecule has 0 amide bonds.